The molecule has 0 aliphatic carbocycles. The average molecular weight is 315 g/mol. The van der Waals surface area contributed by atoms with Crippen molar-refractivity contribution in [3.05, 3.63) is 72.8 Å². The number of fused-ring (bicyclic) bond motifs is 2. The molecule has 0 amide bonds. The third kappa shape index (κ3) is 2.21. The van der Waals surface area contributed by atoms with E-state index in [0.717, 1.165) is 0 Å². The Bertz CT molecular complexity index is 821. The summed E-state index contributed by atoms with van der Waals surface area (Å²) in [5, 5.41) is 0. The van der Waals surface area contributed by atoms with Crippen LogP contribution in [0.1, 0.15) is 0 Å². The van der Waals surface area contributed by atoms with E-state index < -0.39 is 0 Å². The third-order valence-electron chi connectivity index (χ3n) is 4.59. The minimum absolute atomic E-state index is 1.17. The van der Waals surface area contributed by atoms with Crippen molar-refractivity contribution in [2.75, 3.05) is 35.8 Å². The lowest BCUT2D eigenvalue weighted by molar-refractivity contribution is 1.12. The van der Waals surface area contributed by atoms with Gasteiger partial charge in [-0.3, -0.25) is 0 Å². The molecule has 3 aromatic carbocycles. The molecule has 0 aromatic heterocycles. The zero-order valence-corrected chi connectivity index (χ0v) is 14.3. The maximum Gasteiger partial charge on any atom is 0.0699 e. The van der Waals surface area contributed by atoms with Crippen molar-refractivity contribution < 1.29 is 0 Å². The second kappa shape index (κ2) is 5.60. The zero-order valence-electron chi connectivity index (χ0n) is 14.3. The van der Waals surface area contributed by atoms with E-state index in [9.17, 15) is 0 Å². The number of rotatable bonds is 2. The first-order valence-corrected chi connectivity index (χ1v) is 8.16. The van der Waals surface area contributed by atoms with Crippen LogP contribution in [0.3, 0.4) is 0 Å². The molecule has 3 heteroatoms. The largest absolute Gasteiger partial charge is 0.378 e. The molecule has 120 valence electrons. The number of hydrogen-bond donors (Lipinski definition) is 0. The molecule has 0 saturated carbocycles. The monoisotopic (exact) mass is 315 g/mol. The summed E-state index contributed by atoms with van der Waals surface area (Å²) < 4.78 is 0. The highest BCUT2D eigenvalue weighted by atomic mass is 15.3. The lowest BCUT2D eigenvalue weighted by atomic mass is 10.1. The molecule has 0 atom stereocenters. The second-order valence-electron chi connectivity index (χ2n) is 6.28. The number of nitrogens with zero attached hydrogens (tertiary/aromatic N) is 3. The van der Waals surface area contributed by atoms with Crippen LogP contribution in [0.15, 0.2) is 72.8 Å². The summed E-state index contributed by atoms with van der Waals surface area (Å²) in [6.45, 7) is 0. The summed E-state index contributed by atoms with van der Waals surface area (Å²) in [6.07, 6.45) is 0. The minimum atomic E-state index is 1.17. The summed E-state index contributed by atoms with van der Waals surface area (Å²) in [4.78, 5) is 6.72. The van der Waals surface area contributed by atoms with Gasteiger partial charge in [0.15, 0.2) is 0 Å². The van der Waals surface area contributed by atoms with Crippen LogP contribution in [-0.2, 0) is 0 Å². The molecule has 0 spiro atoms. The van der Waals surface area contributed by atoms with Crippen molar-refractivity contribution in [3.63, 3.8) is 0 Å². The molecule has 0 bridgehead atoms. The van der Waals surface area contributed by atoms with E-state index in [1.807, 2.05) is 0 Å². The van der Waals surface area contributed by atoms with Gasteiger partial charge in [0, 0.05) is 32.5 Å². The zero-order chi connectivity index (χ0) is 16.7. The lowest BCUT2D eigenvalue weighted by Crippen LogP contribution is -2.23. The van der Waals surface area contributed by atoms with Crippen LogP contribution in [0.2, 0.25) is 0 Å². The molecule has 24 heavy (non-hydrogen) atoms. The van der Waals surface area contributed by atoms with Crippen molar-refractivity contribution in [1.82, 2.24) is 0 Å². The Labute approximate surface area is 143 Å². The number of anilines is 6. The van der Waals surface area contributed by atoms with Crippen LogP contribution in [0.5, 0.6) is 0 Å². The first-order valence-electron chi connectivity index (χ1n) is 8.16. The molecule has 1 aliphatic heterocycles. The highest BCUT2D eigenvalue weighted by Crippen LogP contribution is 2.50. The smallest absolute Gasteiger partial charge is 0.0699 e. The van der Waals surface area contributed by atoms with Gasteiger partial charge in [-0.05, 0) is 48.5 Å². The van der Waals surface area contributed by atoms with Gasteiger partial charge in [-0.1, -0.05) is 24.3 Å². The Kier molecular flexibility index (Phi) is 3.42. The molecule has 0 saturated heterocycles. The summed E-state index contributed by atoms with van der Waals surface area (Å²) >= 11 is 0. The van der Waals surface area contributed by atoms with Gasteiger partial charge in [0.1, 0.15) is 0 Å². The molecule has 0 radical (unpaired) electrons. The van der Waals surface area contributed by atoms with Crippen LogP contribution in [0.25, 0.3) is 0 Å². The first-order chi connectivity index (χ1) is 11.7. The van der Waals surface area contributed by atoms with Crippen LogP contribution >= 0.6 is 0 Å². The Morgan fingerprint density at radius 3 is 1.54 bits per heavy atom. The van der Waals surface area contributed by atoms with E-state index in [1.165, 1.54) is 34.1 Å². The van der Waals surface area contributed by atoms with Crippen LogP contribution < -0.4 is 14.7 Å². The van der Waals surface area contributed by atoms with E-state index in [0.29, 0.717) is 0 Å². The molecular weight excluding hydrogens is 294 g/mol. The van der Waals surface area contributed by atoms with Gasteiger partial charge in [0.05, 0.1) is 22.7 Å². The fourth-order valence-corrected chi connectivity index (χ4v) is 3.31. The molecule has 1 aliphatic rings. The second-order valence-corrected chi connectivity index (χ2v) is 6.28. The standard InChI is InChI=1S/C21H21N3/c1-22(2)16-12-14-17(15-13-16)24-20-10-6-4-8-18(20)23(3)19-9-5-7-11-21(19)24/h4-15H,1-3H3. The molecule has 0 N–H and O–H groups in total. The van der Waals surface area contributed by atoms with Crippen LogP contribution in [-0.4, -0.2) is 21.1 Å². The maximum absolute atomic E-state index is 2.34. The summed E-state index contributed by atoms with van der Waals surface area (Å²) in [5.74, 6) is 0. The van der Waals surface area contributed by atoms with E-state index in [-0.39, 0.29) is 0 Å². The van der Waals surface area contributed by atoms with Gasteiger partial charge in [0.2, 0.25) is 0 Å². The maximum atomic E-state index is 2.34. The van der Waals surface area contributed by atoms with E-state index in [2.05, 4.69) is 109 Å². The molecule has 0 fully saturated rings. The fourth-order valence-electron chi connectivity index (χ4n) is 3.31. The van der Waals surface area contributed by atoms with Crippen LogP contribution in [0.4, 0.5) is 34.1 Å². The predicted molar refractivity (Wildman–Crippen MR) is 104 cm³/mol. The van der Waals surface area contributed by atoms with E-state index in [1.54, 1.807) is 0 Å². The van der Waals surface area contributed by atoms with Crippen LogP contribution in [0, 0.1) is 0 Å². The van der Waals surface area contributed by atoms with Gasteiger partial charge in [-0.2, -0.15) is 0 Å². The predicted octanol–water partition coefficient (Wildman–Crippen LogP) is 5.30. The van der Waals surface area contributed by atoms with E-state index in [4.69, 9.17) is 0 Å². The van der Waals surface area contributed by atoms with Crippen molar-refractivity contribution in [3.8, 4) is 0 Å². The molecule has 1 heterocycles. The number of benzene rings is 3. The highest BCUT2D eigenvalue weighted by Gasteiger charge is 2.26. The summed E-state index contributed by atoms with van der Waals surface area (Å²) in [5.41, 5.74) is 7.22. The van der Waals surface area contributed by atoms with Crippen molar-refractivity contribution in [1.29, 1.82) is 0 Å². The third-order valence-corrected chi connectivity index (χ3v) is 4.59. The van der Waals surface area contributed by atoms with Crippen molar-refractivity contribution in [2.24, 2.45) is 0 Å². The molecule has 3 nitrogen and oxygen atoms in total. The minimum Gasteiger partial charge on any atom is -0.378 e. The highest BCUT2D eigenvalue weighted by molar-refractivity contribution is 5.97. The Morgan fingerprint density at radius 2 is 1.08 bits per heavy atom. The molecule has 0 unspecified atom stereocenters. The molecule has 3 aromatic rings. The van der Waals surface area contributed by atoms with E-state index >= 15 is 0 Å². The summed E-state index contributed by atoms with van der Waals surface area (Å²) in [7, 11) is 6.26. The first kappa shape index (κ1) is 14.6. The summed E-state index contributed by atoms with van der Waals surface area (Å²) in [6, 6.07) is 25.8. The Balaban J connectivity index is 1.90. The lowest BCUT2D eigenvalue weighted by Gasteiger charge is -2.38. The SMILES string of the molecule is CN(C)c1ccc(N2c3ccccc3N(C)c3ccccc32)cc1. The molecule has 4 rings (SSSR count). The Hall–Kier alpha value is -2.94. The number of hydrogen-bond acceptors (Lipinski definition) is 3. The Morgan fingerprint density at radius 1 is 0.625 bits per heavy atom. The van der Waals surface area contributed by atoms with Gasteiger partial charge < -0.3 is 14.7 Å². The normalized spacial score (nSPS) is 12.6. The average Bonchev–Trinajstić information content (AvgIpc) is 2.62. The fraction of sp³-hybridized carbons (Fsp3) is 0.143. The van der Waals surface area contributed by atoms with Gasteiger partial charge >= 0.3 is 0 Å². The number of para-hydroxylation sites is 4. The van der Waals surface area contributed by atoms with Gasteiger partial charge in [-0.25, -0.2) is 0 Å². The molecular formula is C21H21N3. The quantitative estimate of drug-likeness (QED) is 0.635. The van der Waals surface area contributed by atoms with Crippen molar-refractivity contribution >= 4 is 34.1 Å². The van der Waals surface area contributed by atoms with Gasteiger partial charge in [-0.15, -0.1) is 0 Å². The van der Waals surface area contributed by atoms with Crippen molar-refractivity contribution in [2.45, 2.75) is 0 Å². The topological polar surface area (TPSA) is 9.72 Å². The van der Waals surface area contributed by atoms with Gasteiger partial charge in [0.25, 0.3) is 0 Å².